The molecular formula is C19H15BrF3N3O2. The SMILES string of the molecule is Cc1cc2nc(C(F)(F)F)c(=O)n(CC(=O)Nc3ccc(Br)cc3)c2cc1C. The molecule has 0 spiro atoms. The normalized spacial score (nSPS) is 11.6. The fourth-order valence-corrected chi connectivity index (χ4v) is 2.98. The summed E-state index contributed by atoms with van der Waals surface area (Å²) in [5.41, 5.74) is -0.747. The van der Waals surface area contributed by atoms with E-state index in [1.54, 1.807) is 44.2 Å². The van der Waals surface area contributed by atoms with Crippen LogP contribution < -0.4 is 10.9 Å². The maximum Gasteiger partial charge on any atom is 0.438 e. The smallest absolute Gasteiger partial charge is 0.325 e. The molecule has 2 aromatic carbocycles. The van der Waals surface area contributed by atoms with Crippen molar-refractivity contribution >= 4 is 38.6 Å². The van der Waals surface area contributed by atoms with Crippen LogP contribution in [0.4, 0.5) is 18.9 Å². The third-order valence-electron chi connectivity index (χ3n) is 4.26. The summed E-state index contributed by atoms with van der Waals surface area (Å²) in [4.78, 5) is 28.4. The number of amides is 1. The summed E-state index contributed by atoms with van der Waals surface area (Å²) in [6.45, 7) is 2.93. The molecule has 28 heavy (non-hydrogen) atoms. The van der Waals surface area contributed by atoms with Gasteiger partial charge in [-0.15, -0.1) is 0 Å². The Morgan fingerprint density at radius 3 is 2.36 bits per heavy atom. The second-order valence-corrected chi connectivity index (χ2v) is 7.25. The zero-order chi connectivity index (χ0) is 20.6. The molecule has 0 bridgehead atoms. The number of rotatable bonds is 3. The average Bonchev–Trinajstić information content (AvgIpc) is 2.60. The Morgan fingerprint density at radius 2 is 1.75 bits per heavy atom. The highest BCUT2D eigenvalue weighted by Gasteiger charge is 2.37. The molecule has 1 aromatic heterocycles. The van der Waals surface area contributed by atoms with Gasteiger partial charge in [0.15, 0.2) is 0 Å². The predicted molar refractivity (Wildman–Crippen MR) is 103 cm³/mol. The standard InChI is InChI=1S/C19H15BrF3N3O2/c1-10-7-14-15(8-11(10)2)26(18(28)17(25-14)19(21,22)23)9-16(27)24-13-5-3-12(20)4-6-13/h3-8H,9H2,1-2H3,(H,24,27). The number of aryl methyl sites for hydroxylation is 2. The number of hydrogen-bond donors (Lipinski definition) is 1. The number of halogens is 4. The van der Waals surface area contributed by atoms with E-state index in [1.165, 1.54) is 6.07 Å². The first-order valence-electron chi connectivity index (χ1n) is 8.20. The summed E-state index contributed by atoms with van der Waals surface area (Å²) in [5.74, 6) is -0.622. The second kappa shape index (κ2) is 7.38. The van der Waals surface area contributed by atoms with Gasteiger partial charge >= 0.3 is 6.18 Å². The van der Waals surface area contributed by atoms with Gasteiger partial charge in [-0.2, -0.15) is 13.2 Å². The van der Waals surface area contributed by atoms with Crippen molar-refractivity contribution in [2.75, 3.05) is 5.32 Å². The first-order chi connectivity index (χ1) is 13.1. The van der Waals surface area contributed by atoms with Crippen LogP contribution in [0, 0.1) is 13.8 Å². The fraction of sp³-hybridized carbons (Fsp3) is 0.211. The number of carbonyl (C=O) groups is 1. The van der Waals surface area contributed by atoms with E-state index in [-0.39, 0.29) is 11.0 Å². The number of anilines is 1. The van der Waals surface area contributed by atoms with Crippen LogP contribution in [0.5, 0.6) is 0 Å². The molecule has 9 heteroatoms. The second-order valence-electron chi connectivity index (χ2n) is 6.33. The van der Waals surface area contributed by atoms with E-state index in [2.05, 4.69) is 26.2 Å². The van der Waals surface area contributed by atoms with Gasteiger partial charge in [0.1, 0.15) is 6.54 Å². The Balaban J connectivity index is 2.08. The molecule has 3 aromatic rings. The highest BCUT2D eigenvalue weighted by molar-refractivity contribution is 9.10. The van der Waals surface area contributed by atoms with E-state index in [1.807, 2.05) is 0 Å². The zero-order valence-corrected chi connectivity index (χ0v) is 16.5. The highest BCUT2D eigenvalue weighted by atomic mass is 79.9. The average molecular weight is 454 g/mol. The number of alkyl halides is 3. The predicted octanol–water partition coefficient (Wildman–Crippen LogP) is 4.43. The molecule has 1 heterocycles. The number of aromatic nitrogens is 2. The number of nitrogens with one attached hydrogen (secondary N) is 1. The van der Waals surface area contributed by atoms with Crippen LogP contribution in [0.25, 0.3) is 11.0 Å². The summed E-state index contributed by atoms with van der Waals surface area (Å²) >= 11 is 3.27. The Hall–Kier alpha value is -2.68. The molecule has 0 saturated heterocycles. The summed E-state index contributed by atoms with van der Waals surface area (Å²) in [5, 5.41) is 2.57. The van der Waals surface area contributed by atoms with Gasteiger partial charge in [-0.3, -0.25) is 14.2 Å². The monoisotopic (exact) mass is 453 g/mol. The van der Waals surface area contributed by atoms with Crippen molar-refractivity contribution in [3.63, 3.8) is 0 Å². The molecule has 0 unspecified atom stereocenters. The molecule has 0 saturated carbocycles. The number of nitrogens with zero attached hydrogens (tertiary/aromatic N) is 2. The van der Waals surface area contributed by atoms with Gasteiger partial charge in [0.2, 0.25) is 11.6 Å². The van der Waals surface area contributed by atoms with Crippen LogP contribution in [0.15, 0.2) is 45.7 Å². The van der Waals surface area contributed by atoms with E-state index in [9.17, 15) is 22.8 Å². The quantitative estimate of drug-likeness (QED) is 0.637. The Labute approximate surface area is 166 Å². The summed E-state index contributed by atoms with van der Waals surface area (Å²) in [6, 6.07) is 9.71. The lowest BCUT2D eigenvalue weighted by Crippen LogP contribution is -2.34. The third kappa shape index (κ3) is 4.09. The van der Waals surface area contributed by atoms with Crippen molar-refractivity contribution in [2.24, 2.45) is 0 Å². The Bertz CT molecular complexity index is 1120. The van der Waals surface area contributed by atoms with Crippen molar-refractivity contribution in [3.8, 4) is 0 Å². The van der Waals surface area contributed by atoms with Gasteiger partial charge in [-0.25, -0.2) is 4.98 Å². The molecule has 0 aliphatic heterocycles. The molecule has 3 rings (SSSR count). The number of hydrogen-bond acceptors (Lipinski definition) is 3. The van der Waals surface area contributed by atoms with Crippen molar-refractivity contribution < 1.29 is 18.0 Å². The molecule has 146 valence electrons. The fourth-order valence-electron chi connectivity index (χ4n) is 2.72. The van der Waals surface area contributed by atoms with Gasteiger partial charge in [-0.05, 0) is 61.4 Å². The Morgan fingerprint density at radius 1 is 1.14 bits per heavy atom. The van der Waals surface area contributed by atoms with Gasteiger partial charge < -0.3 is 5.32 Å². The molecule has 0 aliphatic carbocycles. The third-order valence-corrected chi connectivity index (χ3v) is 4.79. The van der Waals surface area contributed by atoms with Crippen molar-refractivity contribution in [1.82, 2.24) is 9.55 Å². The van der Waals surface area contributed by atoms with Crippen LogP contribution in [-0.4, -0.2) is 15.5 Å². The minimum absolute atomic E-state index is 0.00599. The van der Waals surface area contributed by atoms with Crippen LogP contribution in [0.1, 0.15) is 16.8 Å². The van der Waals surface area contributed by atoms with Crippen LogP contribution >= 0.6 is 15.9 Å². The lowest BCUT2D eigenvalue weighted by molar-refractivity contribution is -0.142. The lowest BCUT2D eigenvalue weighted by atomic mass is 10.1. The molecule has 5 nitrogen and oxygen atoms in total. The molecule has 1 amide bonds. The summed E-state index contributed by atoms with van der Waals surface area (Å²) < 4.78 is 41.5. The number of benzene rings is 2. The zero-order valence-electron chi connectivity index (χ0n) is 14.9. The van der Waals surface area contributed by atoms with E-state index in [0.29, 0.717) is 5.69 Å². The Kier molecular flexibility index (Phi) is 5.29. The maximum atomic E-state index is 13.3. The van der Waals surface area contributed by atoms with E-state index < -0.39 is 29.9 Å². The van der Waals surface area contributed by atoms with Gasteiger partial charge in [-0.1, -0.05) is 15.9 Å². The number of carbonyl (C=O) groups excluding carboxylic acids is 1. The topological polar surface area (TPSA) is 64.0 Å². The summed E-state index contributed by atoms with van der Waals surface area (Å²) in [6.07, 6.45) is -4.92. The first-order valence-corrected chi connectivity index (χ1v) is 9.00. The molecule has 0 fully saturated rings. The number of fused-ring (bicyclic) bond motifs is 1. The molecule has 1 N–H and O–H groups in total. The van der Waals surface area contributed by atoms with Gasteiger partial charge in [0.05, 0.1) is 11.0 Å². The van der Waals surface area contributed by atoms with Crippen LogP contribution in [0.2, 0.25) is 0 Å². The highest BCUT2D eigenvalue weighted by Crippen LogP contribution is 2.27. The van der Waals surface area contributed by atoms with Crippen molar-refractivity contribution in [3.05, 3.63) is 68.0 Å². The molecular weight excluding hydrogens is 439 g/mol. The van der Waals surface area contributed by atoms with Crippen LogP contribution in [-0.2, 0) is 17.5 Å². The minimum Gasteiger partial charge on any atom is -0.325 e. The molecule has 0 aliphatic rings. The first kappa shape index (κ1) is 20.1. The maximum absolute atomic E-state index is 13.3. The van der Waals surface area contributed by atoms with Crippen molar-refractivity contribution in [2.45, 2.75) is 26.6 Å². The van der Waals surface area contributed by atoms with Gasteiger partial charge in [0, 0.05) is 10.2 Å². The van der Waals surface area contributed by atoms with E-state index >= 15 is 0 Å². The van der Waals surface area contributed by atoms with Crippen LogP contribution in [0.3, 0.4) is 0 Å². The molecule has 0 atom stereocenters. The molecule has 0 radical (unpaired) electrons. The minimum atomic E-state index is -4.92. The van der Waals surface area contributed by atoms with Gasteiger partial charge in [0.25, 0.3) is 5.56 Å². The van der Waals surface area contributed by atoms with Crippen molar-refractivity contribution in [1.29, 1.82) is 0 Å². The van der Waals surface area contributed by atoms with E-state index in [4.69, 9.17) is 0 Å². The largest absolute Gasteiger partial charge is 0.438 e. The van der Waals surface area contributed by atoms with E-state index in [0.717, 1.165) is 20.2 Å². The summed E-state index contributed by atoms with van der Waals surface area (Å²) in [7, 11) is 0. The lowest BCUT2D eigenvalue weighted by Gasteiger charge is -2.15.